The Morgan fingerprint density at radius 1 is 0.767 bits per heavy atom. The van der Waals surface area contributed by atoms with Crippen molar-refractivity contribution in [3.05, 3.63) is 120 Å². The average Bonchev–Trinajstić information content (AvgIpc) is 3.05. The van der Waals surface area contributed by atoms with E-state index in [0.717, 1.165) is 9.87 Å². The van der Waals surface area contributed by atoms with Crippen LogP contribution in [0.15, 0.2) is 114 Å². The monoisotopic (exact) mass is 601 g/mol. The van der Waals surface area contributed by atoms with Crippen LogP contribution in [-0.2, 0) is 32.6 Å². The summed E-state index contributed by atoms with van der Waals surface area (Å²) in [5, 5.41) is 2.68. The van der Waals surface area contributed by atoms with Gasteiger partial charge in [-0.1, -0.05) is 66.7 Å². The minimum atomic E-state index is -4.19. The second kappa shape index (κ2) is 14.4. The summed E-state index contributed by atoms with van der Waals surface area (Å²) in [4.78, 5) is 29.2. The van der Waals surface area contributed by atoms with Crippen molar-refractivity contribution in [1.82, 2.24) is 10.2 Å². The van der Waals surface area contributed by atoms with Crippen molar-refractivity contribution in [3.8, 4) is 11.5 Å². The van der Waals surface area contributed by atoms with Crippen molar-refractivity contribution in [2.24, 2.45) is 0 Å². The Hall–Kier alpha value is -4.83. The standard InChI is InChI=1S/C33H35N3O6S/c1-34-33(38)31(21-25-12-6-4-7-13-25)35(23-26-14-10-16-28(20-26)41-2)32(37)24-36(27-15-11-17-29(22-27)42-3)43(39,40)30-18-8-5-9-19-30/h4-20,22,31H,21,23-24H2,1-3H3,(H,34,38)/t31-/m0/s1. The number of anilines is 1. The number of carbonyl (C=O) groups excluding carboxylic acids is 2. The molecule has 0 radical (unpaired) electrons. The van der Waals surface area contributed by atoms with E-state index in [2.05, 4.69) is 5.32 Å². The van der Waals surface area contributed by atoms with Crippen LogP contribution >= 0.6 is 0 Å². The molecule has 4 rings (SSSR count). The van der Waals surface area contributed by atoms with Gasteiger partial charge in [0.05, 0.1) is 24.8 Å². The van der Waals surface area contributed by atoms with Crippen LogP contribution < -0.4 is 19.1 Å². The molecule has 4 aromatic rings. The Kier molecular flexibility index (Phi) is 10.4. The van der Waals surface area contributed by atoms with E-state index in [4.69, 9.17) is 9.47 Å². The number of amides is 2. The molecule has 0 saturated heterocycles. The first-order valence-electron chi connectivity index (χ1n) is 13.7. The third kappa shape index (κ3) is 7.72. The number of carbonyl (C=O) groups is 2. The summed E-state index contributed by atoms with van der Waals surface area (Å²) < 4.78 is 39.8. The van der Waals surface area contributed by atoms with Crippen LogP contribution in [0.2, 0.25) is 0 Å². The number of hydrogen-bond acceptors (Lipinski definition) is 6. The van der Waals surface area contributed by atoms with Crippen LogP contribution in [0, 0.1) is 0 Å². The molecular formula is C33H35N3O6S. The molecule has 43 heavy (non-hydrogen) atoms. The van der Waals surface area contributed by atoms with Gasteiger partial charge in [-0.25, -0.2) is 8.42 Å². The van der Waals surface area contributed by atoms with E-state index in [1.807, 2.05) is 36.4 Å². The van der Waals surface area contributed by atoms with Crippen LogP contribution in [0.4, 0.5) is 5.69 Å². The lowest BCUT2D eigenvalue weighted by atomic mass is 10.0. The molecule has 0 aliphatic rings. The quantitative estimate of drug-likeness (QED) is 0.245. The summed E-state index contributed by atoms with van der Waals surface area (Å²) in [5.41, 5.74) is 1.81. The first-order chi connectivity index (χ1) is 20.8. The lowest BCUT2D eigenvalue weighted by Gasteiger charge is -2.33. The minimum Gasteiger partial charge on any atom is -0.497 e. The van der Waals surface area contributed by atoms with Gasteiger partial charge >= 0.3 is 0 Å². The summed E-state index contributed by atoms with van der Waals surface area (Å²) in [6.45, 7) is -0.519. The molecule has 1 atom stereocenters. The number of sulfonamides is 1. The van der Waals surface area contributed by atoms with Gasteiger partial charge in [0.2, 0.25) is 11.8 Å². The van der Waals surface area contributed by atoms with Gasteiger partial charge in [0.1, 0.15) is 24.1 Å². The number of likely N-dealkylation sites (N-methyl/N-ethyl adjacent to an activating group) is 1. The van der Waals surface area contributed by atoms with E-state index in [1.54, 1.807) is 67.8 Å². The first-order valence-corrected chi connectivity index (χ1v) is 15.1. The van der Waals surface area contributed by atoms with E-state index in [9.17, 15) is 18.0 Å². The highest BCUT2D eigenvalue weighted by Gasteiger charge is 2.34. The SMILES string of the molecule is CNC(=O)[C@H](Cc1ccccc1)N(Cc1cccc(OC)c1)C(=O)CN(c1cccc(OC)c1)S(=O)(=O)c1ccccc1. The maximum absolute atomic E-state index is 14.3. The fourth-order valence-corrected chi connectivity index (χ4v) is 6.13. The van der Waals surface area contributed by atoms with Crippen LogP contribution in [0.1, 0.15) is 11.1 Å². The van der Waals surface area contributed by atoms with Gasteiger partial charge in [-0.2, -0.15) is 0 Å². The third-order valence-corrected chi connectivity index (χ3v) is 8.74. The van der Waals surface area contributed by atoms with Gasteiger partial charge in [0, 0.05) is 26.1 Å². The second-order valence-corrected chi connectivity index (χ2v) is 11.6. The molecule has 4 aromatic carbocycles. The predicted molar refractivity (Wildman–Crippen MR) is 166 cm³/mol. The highest BCUT2D eigenvalue weighted by Crippen LogP contribution is 2.28. The van der Waals surface area contributed by atoms with Crippen molar-refractivity contribution in [2.45, 2.75) is 23.9 Å². The van der Waals surface area contributed by atoms with Crippen LogP contribution in [0.25, 0.3) is 0 Å². The molecule has 0 unspecified atom stereocenters. The predicted octanol–water partition coefficient (Wildman–Crippen LogP) is 4.29. The van der Waals surface area contributed by atoms with E-state index < -0.39 is 28.5 Å². The molecule has 2 amide bonds. The Balaban J connectivity index is 1.80. The van der Waals surface area contributed by atoms with Crippen molar-refractivity contribution in [3.63, 3.8) is 0 Å². The number of rotatable bonds is 13. The fraction of sp³-hybridized carbons (Fsp3) is 0.212. The number of hydrogen-bond donors (Lipinski definition) is 1. The second-order valence-electron chi connectivity index (χ2n) is 9.72. The van der Waals surface area contributed by atoms with Crippen LogP contribution in [0.3, 0.4) is 0 Å². The van der Waals surface area contributed by atoms with Crippen LogP contribution in [-0.4, -0.2) is 59.0 Å². The summed E-state index contributed by atoms with van der Waals surface area (Å²) >= 11 is 0. The molecule has 0 saturated carbocycles. The molecule has 0 fully saturated rings. The highest BCUT2D eigenvalue weighted by molar-refractivity contribution is 7.92. The molecule has 1 N–H and O–H groups in total. The van der Waals surface area contributed by atoms with Gasteiger partial charge in [0.15, 0.2) is 0 Å². The fourth-order valence-electron chi connectivity index (χ4n) is 4.70. The molecule has 0 aliphatic carbocycles. The average molecular weight is 602 g/mol. The van der Waals surface area contributed by atoms with Gasteiger partial charge in [0.25, 0.3) is 10.0 Å². The van der Waals surface area contributed by atoms with E-state index >= 15 is 0 Å². The number of nitrogens with one attached hydrogen (secondary N) is 1. The molecule has 10 heteroatoms. The van der Waals surface area contributed by atoms with E-state index in [0.29, 0.717) is 17.1 Å². The maximum atomic E-state index is 14.3. The topological polar surface area (TPSA) is 105 Å². The maximum Gasteiger partial charge on any atom is 0.264 e. The Morgan fingerprint density at radius 2 is 1.35 bits per heavy atom. The van der Waals surface area contributed by atoms with Gasteiger partial charge in [-0.15, -0.1) is 0 Å². The van der Waals surface area contributed by atoms with Gasteiger partial charge in [-0.05, 0) is 47.5 Å². The first kappa shape index (κ1) is 31.1. The van der Waals surface area contributed by atoms with E-state index in [-0.39, 0.29) is 29.5 Å². The zero-order valence-corrected chi connectivity index (χ0v) is 25.2. The lowest BCUT2D eigenvalue weighted by molar-refractivity contribution is -0.139. The van der Waals surface area contributed by atoms with Crippen molar-refractivity contribution in [2.75, 3.05) is 32.1 Å². The molecule has 0 heterocycles. The van der Waals surface area contributed by atoms with Gasteiger partial charge < -0.3 is 19.7 Å². The summed E-state index contributed by atoms with van der Waals surface area (Å²) in [5.74, 6) is 0.0847. The number of benzene rings is 4. The Morgan fingerprint density at radius 3 is 1.98 bits per heavy atom. The largest absolute Gasteiger partial charge is 0.497 e. The number of methoxy groups -OCH3 is 2. The lowest BCUT2D eigenvalue weighted by Crippen LogP contribution is -2.53. The molecule has 0 aliphatic heterocycles. The summed E-state index contributed by atoms with van der Waals surface area (Å²) in [7, 11) is 0.346. The van der Waals surface area contributed by atoms with Crippen LogP contribution in [0.5, 0.6) is 11.5 Å². The molecule has 0 spiro atoms. The van der Waals surface area contributed by atoms with E-state index in [1.165, 1.54) is 31.2 Å². The normalized spacial score (nSPS) is 11.7. The summed E-state index contributed by atoms with van der Waals surface area (Å²) in [6, 6.07) is 30.0. The highest BCUT2D eigenvalue weighted by atomic mass is 32.2. The zero-order valence-electron chi connectivity index (χ0n) is 24.3. The Labute approximate surface area is 252 Å². The smallest absolute Gasteiger partial charge is 0.264 e. The third-order valence-electron chi connectivity index (χ3n) is 6.96. The molecule has 9 nitrogen and oxygen atoms in total. The minimum absolute atomic E-state index is 0.0251. The molecule has 224 valence electrons. The van der Waals surface area contributed by atoms with Crippen molar-refractivity contribution >= 4 is 27.5 Å². The van der Waals surface area contributed by atoms with Crippen molar-refractivity contribution in [1.29, 1.82) is 0 Å². The number of ether oxygens (including phenoxy) is 2. The van der Waals surface area contributed by atoms with Crippen molar-refractivity contribution < 1.29 is 27.5 Å². The molecule has 0 bridgehead atoms. The molecular weight excluding hydrogens is 566 g/mol. The van der Waals surface area contributed by atoms with Gasteiger partial charge in [-0.3, -0.25) is 13.9 Å². The molecule has 0 aromatic heterocycles. The zero-order chi connectivity index (χ0) is 30.8. The Bertz CT molecular complexity index is 1630. The number of nitrogens with zero attached hydrogens (tertiary/aromatic N) is 2. The summed E-state index contributed by atoms with van der Waals surface area (Å²) in [6.07, 6.45) is 0.223.